The minimum absolute atomic E-state index is 0.148. The first-order valence-electron chi connectivity index (χ1n) is 6.74. The molecule has 2 nitrogen and oxygen atoms in total. The van der Waals surface area contributed by atoms with Crippen molar-refractivity contribution < 1.29 is 4.79 Å². The van der Waals surface area contributed by atoms with Crippen LogP contribution in [0.3, 0.4) is 0 Å². The summed E-state index contributed by atoms with van der Waals surface area (Å²) in [6.07, 6.45) is 5.65. The van der Waals surface area contributed by atoms with Crippen LogP contribution in [-0.2, 0) is 11.2 Å². The molecule has 3 rings (SSSR count). The fourth-order valence-corrected chi connectivity index (χ4v) is 3.59. The lowest BCUT2D eigenvalue weighted by molar-refractivity contribution is -0.121. The van der Waals surface area contributed by atoms with E-state index < -0.39 is 0 Å². The van der Waals surface area contributed by atoms with E-state index in [1.165, 1.54) is 25.7 Å². The van der Waals surface area contributed by atoms with Gasteiger partial charge in [-0.15, -0.1) is 0 Å². The summed E-state index contributed by atoms with van der Waals surface area (Å²) in [5.74, 6) is 1.76. The first-order chi connectivity index (χ1) is 8.70. The lowest BCUT2D eigenvalue weighted by Crippen LogP contribution is -2.39. The van der Waals surface area contributed by atoms with Gasteiger partial charge in [0.05, 0.1) is 6.42 Å². The lowest BCUT2D eigenvalue weighted by atomic mass is 9.95. The van der Waals surface area contributed by atoms with E-state index in [-0.39, 0.29) is 5.91 Å². The summed E-state index contributed by atoms with van der Waals surface area (Å²) in [7, 11) is 0. The Kier molecular flexibility index (Phi) is 3.29. The van der Waals surface area contributed by atoms with Crippen LogP contribution in [0.4, 0.5) is 0 Å². The number of rotatable bonds is 3. The van der Waals surface area contributed by atoms with Gasteiger partial charge < -0.3 is 5.32 Å². The number of benzene rings is 1. The first-order valence-corrected chi connectivity index (χ1v) is 7.12. The molecule has 3 atom stereocenters. The average molecular weight is 264 g/mol. The van der Waals surface area contributed by atoms with Crippen molar-refractivity contribution in [2.45, 2.75) is 38.1 Å². The van der Waals surface area contributed by atoms with Crippen molar-refractivity contribution >= 4 is 17.5 Å². The molecule has 0 aliphatic heterocycles. The van der Waals surface area contributed by atoms with Crippen molar-refractivity contribution in [2.75, 3.05) is 0 Å². The smallest absolute Gasteiger partial charge is 0.224 e. The number of nitrogens with one attached hydrogen (secondary N) is 1. The van der Waals surface area contributed by atoms with E-state index in [1.807, 2.05) is 24.3 Å². The Morgan fingerprint density at radius 2 is 2.00 bits per heavy atom. The fourth-order valence-electron chi connectivity index (χ4n) is 3.47. The van der Waals surface area contributed by atoms with E-state index in [4.69, 9.17) is 11.6 Å². The van der Waals surface area contributed by atoms with Crippen molar-refractivity contribution in [1.29, 1.82) is 0 Å². The molecular formula is C15H18ClNO. The molecule has 3 unspecified atom stereocenters. The number of hydrogen-bond acceptors (Lipinski definition) is 1. The Hall–Kier alpha value is -1.02. The fraction of sp³-hybridized carbons (Fsp3) is 0.533. The van der Waals surface area contributed by atoms with Gasteiger partial charge >= 0.3 is 0 Å². The van der Waals surface area contributed by atoms with Gasteiger partial charge in [0.15, 0.2) is 0 Å². The van der Waals surface area contributed by atoms with Crippen LogP contribution in [0.1, 0.15) is 31.2 Å². The molecule has 2 saturated carbocycles. The molecule has 96 valence electrons. The molecule has 18 heavy (non-hydrogen) atoms. The highest BCUT2D eigenvalue weighted by molar-refractivity contribution is 6.30. The van der Waals surface area contributed by atoms with E-state index in [0.29, 0.717) is 17.5 Å². The number of carbonyl (C=O) groups is 1. The predicted octanol–water partition coefficient (Wildman–Crippen LogP) is 3.19. The number of halogens is 1. The number of amides is 1. The minimum atomic E-state index is 0.148. The lowest BCUT2D eigenvalue weighted by Gasteiger charge is -2.22. The van der Waals surface area contributed by atoms with Gasteiger partial charge in [0.1, 0.15) is 0 Å². The van der Waals surface area contributed by atoms with Crippen molar-refractivity contribution in [3.63, 3.8) is 0 Å². The average Bonchev–Trinajstić information content (AvgIpc) is 2.94. The van der Waals surface area contributed by atoms with Crippen molar-refractivity contribution in [2.24, 2.45) is 11.8 Å². The second-order valence-electron chi connectivity index (χ2n) is 5.65. The molecule has 2 aliphatic carbocycles. The molecule has 1 aromatic rings. The molecule has 0 spiro atoms. The normalized spacial score (nSPS) is 29.5. The van der Waals surface area contributed by atoms with Crippen LogP contribution in [0.15, 0.2) is 24.3 Å². The molecule has 1 aromatic carbocycles. The molecule has 2 fully saturated rings. The molecule has 3 heteroatoms. The van der Waals surface area contributed by atoms with Crippen molar-refractivity contribution in [3.05, 3.63) is 34.9 Å². The molecule has 1 N–H and O–H groups in total. The Balaban J connectivity index is 1.54. The summed E-state index contributed by atoms with van der Waals surface area (Å²) >= 11 is 5.83. The minimum Gasteiger partial charge on any atom is -0.353 e. The standard InChI is InChI=1S/C15H18ClNO/c16-13-5-2-10(3-6-13)9-15(18)17-14-8-11-1-4-12(14)7-11/h2-3,5-6,11-12,14H,1,4,7-9H2,(H,17,18). The molecule has 2 bridgehead atoms. The third kappa shape index (κ3) is 2.54. The highest BCUT2D eigenvalue weighted by Gasteiger charge is 2.39. The topological polar surface area (TPSA) is 29.1 Å². The Labute approximate surface area is 113 Å². The Morgan fingerprint density at radius 3 is 2.61 bits per heavy atom. The molecule has 0 saturated heterocycles. The maximum Gasteiger partial charge on any atom is 0.224 e. The summed E-state index contributed by atoms with van der Waals surface area (Å²) in [6.45, 7) is 0. The van der Waals surface area contributed by atoms with Gasteiger partial charge in [-0.3, -0.25) is 4.79 Å². The molecule has 0 radical (unpaired) electrons. The molecular weight excluding hydrogens is 246 g/mol. The number of fused-ring (bicyclic) bond motifs is 2. The highest BCUT2D eigenvalue weighted by atomic mass is 35.5. The van der Waals surface area contributed by atoms with Gasteiger partial charge in [-0.2, -0.15) is 0 Å². The number of carbonyl (C=O) groups excluding carboxylic acids is 1. The van der Waals surface area contributed by atoms with Crippen LogP contribution in [0.25, 0.3) is 0 Å². The van der Waals surface area contributed by atoms with E-state index in [1.54, 1.807) is 0 Å². The molecule has 2 aliphatic rings. The van der Waals surface area contributed by atoms with E-state index in [0.717, 1.165) is 17.4 Å². The van der Waals surface area contributed by atoms with Crippen LogP contribution in [-0.4, -0.2) is 11.9 Å². The van der Waals surface area contributed by atoms with Gasteiger partial charge in [0.25, 0.3) is 0 Å². The van der Waals surface area contributed by atoms with Gasteiger partial charge in [0.2, 0.25) is 5.91 Å². The van der Waals surface area contributed by atoms with E-state index in [2.05, 4.69) is 5.32 Å². The van der Waals surface area contributed by atoms with Crippen LogP contribution in [0.2, 0.25) is 5.02 Å². The van der Waals surface area contributed by atoms with Crippen molar-refractivity contribution in [1.82, 2.24) is 5.32 Å². The second-order valence-corrected chi connectivity index (χ2v) is 6.09. The first kappa shape index (κ1) is 12.0. The molecule has 1 amide bonds. The summed E-state index contributed by atoms with van der Waals surface area (Å²) < 4.78 is 0. The maximum atomic E-state index is 12.0. The summed E-state index contributed by atoms with van der Waals surface area (Å²) in [5.41, 5.74) is 1.03. The SMILES string of the molecule is O=C(Cc1ccc(Cl)cc1)NC1CC2CCC1C2. The number of hydrogen-bond donors (Lipinski definition) is 1. The zero-order chi connectivity index (χ0) is 12.5. The second kappa shape index (κ2) is 4.93. The molecule has 0 aromatic heterocycles. The summed E-state index contributed by atoms with van der Waals surface area (Å²) in [6, 6.07) is 7.94. The van der Waals surface area contributed by atoms with Crippen LogP contribution in [0.5, 0.6) is 0 Å². The zero-order valence-corrected chi connectivity index (χ0v) is 11.1. The highest BCUT2D eigenvalue weighted by Crippen LogP contribution is 2.44. The summed E-state index contributed by atoms with van der Waals surface area (Å²) in [5, 5.41) is 3.92. The van der Waals surface area contributed by atoms with Gasteiger partial charge in [0, 0.05) is 11.1 Å². The van der Waals surface area contributed by atoms with Gasteiger partial charge in [-0.1, -0.05) is 30.2 Å². The molecule has 0 heterocycles. The van der Waals surface area contributed by atoms with Crippen LogP contribution in [0, 0.1) is 11.8 Å². The zero-order valence-electron chi connectivity index (χ0n) is 10.4. The van der Waals surface area contributed by atoms with Crippen LogP contribution >= 0.6 is 11.6 Å². The third-order valence-electron chi connectivity index (χ3n) is 4.36. The Bertz CT molecular complexity index is 442. The van der Waals surface area contributed by atoms with Gasteiger partial charge in [-0.05, 0) is 48.8 Å². The van der Waals surface area contributed by atoms with E-state index >= 15 is 0 Å². The quantitative estimate of drug-likeness (QED) is 0.892. The van der Waals surface area contributed by atoms with Crippen molar-refractivity contribution in [3.8, 4) is 0 Å². The largest absolute Gasteiger partial charge is 0.353 e. The van der Waals surface area contributed by atoms with Crippen LogP contribution < -0.4 is 5.32 Å². The predicted molar refractivity (Wildman–Crippen MR) is 72.5 cm³/mol. The summed E-state index contributed by atoms with van der Waals surface area (Å²) in [4.78, 5) is 12.0. The van der Waals surface area contributed by atoms with Gasteiger partial charge in [-0.25, -0.2) is 0 Å². The monoisotopic (exact) mass is 263 g/mol. The van der Waals surface area contributed by atoms with E-state index in [9.17, 15) is 4.79 Å². The maximum absolute atomic E-state index is 12.0. The third-order valence-corrected chi connectivity index (χ3v) is 4.61. The Morgan fingerprint density at radius 1 is 1.22 bits per heavy atom.